The van der Waals surface area contributed by atoms with Crippen molar-refractivity contribution in [1.29, 1.82) is 0 Å². The third-order valence-electron chi connectivity index (χ3n) is 5.85. The second-order valence-corrected chi connectivity index (χ2v) is 9.30. The summed E-state index contributed by atoms with van der Waals surface area (Å²) >= 11 is 3.44. The first kappa shape index (κ1) is 22.7. The lowest BCUT2D eigenvalue weighted by Gasteiger charge is -2.30. The molecule has 4 rings (SSSR count). The van der Waals surface area contributed by atoms with Gasteiger partial charge in [-0.3, -0.25) is 9.69 Å². The van der Waals surface area contributed by atoms with E-state index in [1.165, 1.54) is 18.4 Å². The van der Waals surface area contributed by atoms with Crippen LogP contribution in [-0.2, 0) is 17.8 Å². The van der Waals surface area contributed by atoms with Crippen molar-refractivity contribution < 1.29 is 9.32 Å². The van der Waals surface area contributed by atoms with Gasteiger partial charge < -0.3 is 9.84 Å². The molecule has 1 unspecified atom stereocenters. The van der Waals surface area contributed by atoms with Crippen molar-refractivity contribution in [2.75, 3.05) is 18.4 Å². The fraction of sp³-hybridized carbons (Fsp3) is 0.400. The van der Waals surface area contributed by atoms with E-state index >= 15 is 0 Å². The van der Waals surface area contributed by atoms with Crippen LogP contribution >= 0.6 is 15.9 Å². The van der Waals surface area contributed by atoms with Gasteiger partial charge in [-0.2, -0.15) is 4.98 Å². The predicted molar refractivity (Wildman–Crippen MR) is 129 cm³/mol. The van der Waals surface area contributed by atoms with E-state index in [0.717, 1.165) is 41.5 Å². The number of halogens is 1. The Hall–Kier alpha value is -2.51. The molecule has 0 aliphatic carbocycles. The van der Waals surface area contributed by atoms with E-state index in [-0.39, 0.29) is 11.8 Å². The largest absolute Gasteiger partial charge is 0.338 e. The number of nitrogens with zero attached hydrogens (tertiary/aromatic N) is 3. The van der Waals surface area contributed by atoms with Crippen LogP contribution in [0, 0.1) is 5.92 Å². The number of hydrogen-bond donors (Lipinski definition) is 1. The van der Waals surface area contributed by atoms with Crippen molar-refractivity contribution in [3.05, 3.63) is 64.5 Å². The number of hydrogen-bond acceptors (Lipinski definition) is 5. The molecule has 1 atom stereocenters. The Morgan fingerprint density at radius 2 is 1.97 bits per heavy atom. The predicted octanol–water partition coefficient (Wildman–Crippen LogP) is 5.69. The van der Waals surface area contributed by atoms with Crippen LogP contribution in [0.2, 0.25) is 0 Å². The molecule has 3 aromatic rings. The third kappa shape index (κ3) is 6.04. The summed E-state index contributed by atoms with van der Waals surface area (Å²) in [4.78, 5) is 19.6. The highest BCUT2D eigenvalue weighted by atomic mass is 79.9. The highest BCUT2D eigenvalue weighted by Crippen LogP contribution is 2.23. The number of amides is 1. The Bertz CT molecular complexity index is 1020. The van der Waals surface area contributed by atoms with Crippen LogP contribution in [-0.4, -0.2) is 34.0 Å². The van der Waals surface area contributed by atoms with Gasteiger partial charge in [-0.25, -0.2) is 0 Å². The SMILES string of the molecule is CCCCc1ccc(NC(=O)C2CCCN(Cc3nc(-c4ccc(Br)cc4)no3)C2)cc1. The zero-order valence-electron chi connectivity index (χ0n) is 18.4. The number of carbonyl (C=O) groups excluding carboxylic acids is 1. The minimum atomic E-state index is -0.0441. The number of carbonyl (C=O) groups is 1. The Labute approximate surface area is 197 Å². The monoisotopic (exact) mass is 496 g/mol. The summed E-state index contributed by atoms with van der Waals surface area (Å²) in [5.74, 6) is 1.20. The van der Waals surface area contributed by atoms with Crippen LogP contribution in [0.4, 0.5) is 5.69 Å². The summed E-state index contributed by atoms with van der Waals surface area (Å²) in [7, 11) is 0. The van der Waals surface area contributed by atoms with E-state index in [4.69, 9.17) is 4.52 Å². The first-order valence-corrected chi connectivity index (χ1v) is 12.1. The quantitative estimate of drug-likeness (QED) is 0.433. The van der Waals surface area contributed by atoms with Crippen molar-refractivity contribution in [2.45, 2.75) is 45.6 Å². The molecule has 0 radical (unpaired) electrons. The number of piperidine rings is 1. The second kappa shape index (κ2) is 10.9. The first-order chi connectivity index (χ1) is 15.6. The molecule has 1 aliphatic rings. The van der Waals surface area contributed by atoms with Crippen LogP contribution in [0.5, 0.6) is 0 Å². The van der Waals surface area contributed by atoms with Crippen LogP contribution in [0.1, 0.15) is 44.1 Å². The average Bonchev–Trinajstić information content (AvgIpc) is 3.27. The topological polar surface area (TPSA) is 71.3 Å². The van der Waals surface area contributed by atoms with Crippen LogP contribution in [0.3, 0.4) is 0 Å². The van der Waals surface area contributed by atoms with Crippen molar-refractivity contribution in [3.63, 3.8) is 0 Å². The van der Waals surface area contributed by atoms with Crippen molar-refractivity contribution in [1.82, 2.24) is 15.0 Å². The van der Waals surface area contributed by atoms with Gasteiger partial charge in [-0.15, -0.1) is 0 Å². The minimum absolute atomic E-state index is 0.0441. The molecule has 168 valence electrons. The van der Waals surface area contributed by atoms with E-state index in [1.54, 1.807) is 0 Å². The molecule has 1 aliphatic heterocycles. The van der Waals surface area contributed by atoms with E-state index in [1.807, 2.05) is 36.4 Å². The molecule has 0 saturated carbocycles. The maximum atomic E-state index is 12.8. The molecule has 2 aromatic carbocycles. The van der Waals surface area contributed by atoms with Crippen molar-refractivity contribution in [2.24, 2.45) is 5.92 Å². The minimum Gasteiger partial charge on any atom is -0.338 e. The number of benzene rings is 2. The average molecular weight is 497 g/mol. The Kier molecular flexibility index (Phi) is 7.71. The fourth-order valence-corrected chi connectivity index (χ4v) is 4.28. The number of unbranched alkanes of at least 4 members (excludes halogenated alkanes) is 1. The van der Waals surface area contributed by atoms with Gasteiger partial charge in [0.2, 0.25) is 17.6 Å². The van der Waals surface area contributed by atoms with Crippen molar-refractivity contribution in [3.8, 4) is 11.4 Å². The number of aryl methyl sites for hydroxylation is 1. The molecule has 0 bridgehead atoms. The Balaban J connectivity index is 1.31. The molecular weight excluding hydrogens is 468 g/mol. The number of rotatable bonds is 8. The highest BCUT2D eigenvalue weighted by Gasteiger charge is 2.27. The van der Waals surface area contributed by atoms with Gasteiger partial charge in [-0.05, 0) is 74.2 Å². The third-order valence-corrected chi connectivity index (χ3v) is 6.37. The van der Waals surface area contributed by atoms with E-state index in [9.17, 15) is 4.79 Å². The van der Waals surface area contributed by atoms with Gasteiger partial charge in [0.05, 0.1) is 12.5 Å². The Morgan fingerprint density at radius 1 is 1.19 bits per heavy atom. The molecular formula is C25H29BrN4O2. The molecule has 1 N–H and O–H groups in total. The van der Waals surface area contributed by atoms with Gasteiger partial charge in [0.15, 0.2) is 0 Å². The molecule has 1 aromatic heterocycles. The normalized spacial score (nSPS) is 16.8. The molecule has 1 fully saturated rings. The zero-order chi connectivity index (χ0) is 22.3. The van der Waals surface area contributed by atoms with E-state index in [2.05, 4.69) is 55.3 Å². The van der Waals surface area contributed by atoms with Gasteiger partial charge >= 0.3 is 0 Å². The van der Waals surface area contributed by atoms with Crippen LogP contribution in [0.15, 0.2) is 57.5 Å². The summed E-state index contributed by atoms with van der Waals surface area (Å²) in [5, 5.41) is 7.20. The van der Waals surface area contributed by atoms with E-state index in [0.29, 0.717) is 24.8 Å². The lowest BCUT2D eigenvalue weighted by molar-refractivity contribution is -0.121. The van der Waals surface area contributed by atoms with Gasteiger partial charge in [0, 0.05) is 22.3 Å². The number of nitrogens with one attached hydrogen (secondary N) is 1. The number of aromatic nitrogens is 2. The lowest BCUT2D eigenvalue weighted by Crippen LogP contribution is -2.40. The Morgan fingerprint density at radius 3 is 2.72 bits per heavy atom. The maximum absolute atomic E-state index is 12.8. The zero-order valence-corrected chi connectivity index (χ0v) is 20.0. The molecule has 0 spiro atoms. The lowest BCUT2D eigenvalue weighted by atomic mass is 9.97. The van der Waals surface area contributed by atoms with Crippen LogP contribution < -0.4 is 5.32 Å². The van der Waals surface area contributed by atoms with Gasteiger partial charge in [0.1, 0.15) is 0 Å². The smallest absolute Gasteiger partial charge is 0.241 e. The molecule has 1 saturated heterocycles. The summed E-state index contributed by atoms with van der Waals surface area (Å²) in [6.45, 7) is 4.36. The highest BCUT2D eigenvalue weighted by molar-refractivity contribution is 9.10. The molecule has 6 nitrogen and oxygen atoms in total. The number of likely N-dealkylation sites (tertiary alicyclic amines) is 1. The summed E-state index contributed by atoms with van der Waals surface area (Å²) < 4.78 is 6.48. The number of anilines is 1. The fourth-order valence-electron chi connectivity index (χ4n) is 4.02. The standard InChI is InChI=1S/C25H29BrN4O2/c1-2-3-5-18-7-13-22(14-8-18)27-25(31)20-6-4-15-30(16-20)17-23-28-24(29-32-23)19-9-11-21(26)12-10-19/h7-14,20H,2-6,15-17H2,1H3,(H,27,31). The summed E-state index contributed by atoms with van der Waals surface area (Å²) in [5.41, 5.74) is 3.10. The molecule has 1 amide bonds. The van der Waals surface area contributed by atoms with Gasteiger partial charge in [0.25, 0.3) is 0 Å². The maximum Gasteiger partial charge on any atom is 0.241 e. The van der Waals surface area contributed by atoms with Crippen LogP contribution in [0.25, 0.3) is 11.4 Å². The molecule has 2 heterocycles. The molecule has 32 heavy (non-hydrogen) atoms. The van der Waals surface area contributed by atoms with E-state index < -0.39 is 0 Å². The van der Waals surface area contributed by atoms with Gasteiger partial charge in [-0.1, -0.05) is 46.6 Å². The van der Waals surface area contributed by atoms with Crippen molar-refractivity contribution >= 4 is 27.5 Å². The molecule has 7 heteroatoms. The summed E-state index contributed by atoms with van der Waals surface area (Å²) in [6, 6.07) is 16.0. The first-order valence-electron chi connectivity index (χ1n) is 11.3. The summed E-state index contributed by atoms with van der Waals surface area (Å²) in [6.07, 6.45) is 5.33. The second-order valence-electron chi connectivity index (χ2n) is 8.38.